The fourth-order valence-corrected chi connectivity index (χ4v) is 2.31. The lowest BCUT2D eigenvalue weighted by Crippen LogP contribution is -2.29. The van der Waals surface area contributed by atoms with Crippen molar-refractivity contribution in [3.63, 3.8) is 0 Å². The van der Waals surface area contributed by atoms with Crippen molar-refractivity contribution in [3.05, 3.63) is 34.1 Å². The molecule has 1 amide bonds. The van der Waals surface area contributed by atoms with Crippen LogP contribution in [0.25, 0.3) is 10.1 Å². The van der Waals surface area contributed by atoms with E-state index >= 15 is 0 Å². The molecule has 84 valence electrons. The number of hydrogen-bond donors (Lipinski definition) is 1. The molecule has 0 aliphatic rings. The van der Waals surface area contributed by atoms with Crippen molar-refractivity contribution in [2.75, 3.05) is 0 Å². The van der Waals surface area contributed by atoms with Gasteiger partial charge in [-0.05, 0) is 17.5 Å². The molecular formula is C11H12N2O2S. The molecule has 0 aromatic carbocycles. The minimum Gasteiger partial charge on any atom is -0.369 e. The van der Waals surface area contributed by atoms with Crippen molar-refractivity contribution in [1.29, 1.82) is 0 Å². The van der Waals surface area contributed by atoms with E-state index in [1.165, 1.54) is 15.9 Å². The zero-order valence-electron chi connectivity index (χ0n) is 8.84. The molecular weight excluding hydrogens is 224 g/mol. The topological polar surface area (TPSA) is 65.1 Å². The summed E-state index contributed by atoms with van der Waals surface area (Å²) in [5.74, 6) is -0.730. The second-order valence-corrected chi connectivity index (χ2v) is 4.72. The van der Waals surface area contributed by atoms with Crippen molar-refractivity contribution in [2.45, 2.75) is 13.5 Å². The minimum atomic E-state index is -0.391. The number of rotatable bonds is 3. The maximum atomic E-state index is 12.0. The van der Waals surface area contributed by atoms with E-state index in [1.807, 2.05) is 11.4 Å². The summed E-state index contributed by atoms with van der Waals surface area (Å²) in [5.41, 5.74) is 5.11. The van der Waals surface area contributed by atoms with Gasteiger partial charge >= 0.3 is 0 Å². The molecule has 0 saturated carbocycles. The molecule has 2 aromatic heterocycles. The lowest BCUT2D eigenvalue weighted by molar-refractivity contribution is -0.121. The molecule has 2 N–H and O–H groups in total. The van der Waals surface area contributed by atoms with Crippen LogP contribution in [0.5, 0.6) is 0 Å². The predicted molar refractivity (Wildman–Crippen MR) is 64.4 cm³/mol. The molecule has 0 fully saturated rings. The Labute approximate surface area is 96.3 Å². The number of nitrogens with zero attached hydrogens (tertiary/aromatic N) is 1. The summed E-state index contributed by atoms with van der Waals surface area (Å²) < 4.78 is 2.50. The largest absolute Gasteiger partial charge is 0.369 e. The molecule has 0 aliphatic carbocycles. The molecule has 5 heteroatoms. The lowest BCUT2D eigenvalue weighted by atomic mass is 10.1. The van der Waals surface area contributed by atoms with Crippen LogP contribution in [0, 0.1) is 5.92 Å². The van der Waals surface area contributed by atoms with Crippen molar-refractivity contribution in [2.24, 2.45) is 11.7 Å². The summed E-state index contributed by atoms with van der Waals surface area (Å²) in [6.07, 6.45) is 1.71. The highest BCUT2D eigenvalue weighted by molar-refractivity contribution is 7.17. The molecule has 0 aliphatic heterocycles. The average molecular weight is 236 g/mol. The van der Waals surface area contributed by atoms with E-state index in [4.69, 9.17) is 5.73 Å². The number of amides is 1. The highest BCUT2D eigenvalue weighted by Gasteiger charge is 2.11. The quantitative estimate of drug-likeness (QED) is 0.869. The number of hydrogen-bond acceptors (Lipinski definition) is 3. The SMILES string of the molecule is CC(Cn1ccc2sccc2c1=O)C(N)=O. The highest BCUT2D eigenvalue weighted by atomic mass is 32.1. The smallest absolute Gasteiger partial charge is 0.259 e. The van der Waals surface area contributed by atoms with E-state index in [9.17, 15) is 9.59 Å². The van der Waals surface area contributed by atoms with Crippen LogP contribution in [0.1, 0.15) is 6.92 Å². The van der Waals surface area contributed by atoms with E-state index < -0.39 is 5.91 Å². The Morgan fingerprint density at radius 1 is 1.56 bits per heavy atom. The first kappa shape index (κ1) is 10.9. The van der Waals surface area contributed by atoms with Crippen molar-refractivity contribution in [1.82, 2.24) is 4.57 Å². The number of aromatic nitrogens is 1. The zero-order valence-corrected chi connectivity index (χ0v) is 9.66. The van der Waals surface area contributed by atoms with Gasteiger partial charge in [-0.2, -0.15) is 0 Å². The predicted octanol–water partition coefficient (Wildman–Crippen LogP) is 1.18. The van der Waals surface area contributed by atoms with Gasteiger partial charge in [0.25, 0.3) is 5.56 Å². The van der Waals surface area contributed by atoms with Crippen LogP contribution in [-0.2, 0) is 11.3 Å². The highest BCUT2D eigenvalue weighted by Crippen LogP contribution is 2.16. The van der Waals surface area contributed by atoms with E-state index in [-0.39, 0.29) is 11.5 Å². The first-order valence-electron chi connectivity index (χ1n) is 4.95. The van der Waals surface area contributed by atoms with E-state index in [0.717, 1.165) is 4.70 Å². The number of fused-ring (bicyclic) bond motifs is 1. The fourth-order valence-electron chi connectivity index (χ4n) is 1.54. The van der Waals surface area contributed by atoms with Crippen molar-refractivity contribution < 1.29 is 4.79 Å². The van der Waals surface area contributed by atoms with Gasteiger partial charge in [-0.1, -0.05) is 6.92 Å². The molecule has 0 spiro atoms. The Morgan fingerprint density at radius 2 is 2.31 bits per heavy atom. The molecule has 0 radical (unpaired) electrons. The minimum absolute atomic E-state index is 0.0631. The maximum absolute atomic E-state index is 12.0. The van der Waals surface area contributed by atoms with E-state index in [2.05, 4.69) is 0 Å². The second kappa shape index (κ2) is 4.09. The van der Waals surface area contributed by atoms with Gasteiger partial charge in [0.1, 0.15) is 0 Å². The molecule has 2 aromatic rings. The Balaban J connectivity index is 2.42. The molecule has 16 heavy (non-hydrogen) atoms. The molecule has 1 unspecified atom stereocenters. The number of carbonyl (C=O) groups excluding carboxylic acids is 1. The normalized spacial score (nSPS) is 12.8. The van der Waals surface area contributed by atoms with Crippen LogP contribution in [-0.4, -0.2) is 10.5 Å². The molecule has 2 heterocycles. The Kier molecular flexibility index (Phi) is 2.78. The standard InChI is InChI=1S/C11H12N2O2S/c1-7(10(12)14)6-13-4-2-9-8(11(13)15)3-5-16-9/h2-5,7H,6H2,1H3,(H2,12,14). The van der Waals surface area contributed by atoms with Crippen LogP contribution in [0.2, 0.25) is 0 Å². The average Bonchev–Trinajstić information content (AvgIpc) is 2.70. The number of thiophene rings is 1. The third-order valence-electron chi connectivity index (χ3n) is 2.55. The van der Waals surface area contributed by atoms with Gasteiger partial charge < -0.3 is 10.3 Å². The first-order valence-corrected chi connectivity index (χ1v) is 5.83. The van der Waals surface area contributed by atoms with E-state index in [1.54, 1.807) is 19.2 Å². The molecule has 2 rings (SSSR count). The van der Waals surface area contributed by atoms with Gasteiger partial charge in [0, 0.05) is 17.4 Å². The van der Waals surface area contributed by atoms with Gasteiger partial charge in [0.2, 0.25) is 5.91 Å². The fraction of sp³-hybridized carbons (Fsp3) is 0.273. The van der Waals surface area contributed by atoms with Crippen LogP contribution >= 0.6 is 11.3 Å². The van der Waals surface area contributed by atoms with Gasteiger partial charge in [0.05, 0.1) is 11.3 Å². The molecule has 4 nitrogen and oxygen atoms in total. The summed E-state index contributed by atoms with van der Waals surface area (Å²) in [6, 6.07) is 3.68. The van der Waals surface area contributed by atoms with Crippen LogP contribution in [0.4, 0.5) is 0 Å². The van der Waals surface area contributed by atoms with Gasteiger partial charge in [-0.3, -0.25) is 9.59 Å². The number of nitrogens with two attached hydrogens (primary N) is 1. The zero-order chi connectivity index (χ0) is 11.7. The molecule has 0 bridgehead atoms. The summed E-state index contributed by atoms with van der Waals surface area (Å²) >= 11 is 1.53. The van der Waals surface area contributed by atoms with Crippen molar-refractivity contribution >= 4 is 27.3 Å². The van der Waals surface area contributed by atoms with E-state index in [0.29, 0.717) is 11.9 Å². The van der Waals surface area contributed by atoms with Crippen molar-refractivity contribution in [3.8, 4) is 0 Å². The third-order valence-corrected chi connectivity index (χ3v) is 3.43. The Morgan fingerprint density at radius 3 is 3.00 bits per heavy atom. The summed E-state index contributed by atoms with van der Waals surface area (Å²) in [4.78, 5) is 22.9. The summed E-state index contributed by atoms with van der Waals surface area (Å²) in [5, 5.41) is 2.58. The third kappa shape index (κ3) is 1.86. The Bertz CT molecular complexity index is 585. The number of primary amides is 1. The maximum Gasteiger partial charge on any atom is 0.259 e. The first-order chi connectivity index (χ1) is 7.59. The van der Waals surface area contributed by atoms with Crippen LogP contribution in [0.3, 0.4) is 0 Å². The van der Waals surface area contributed by atoms with Gasteiger partial charge in [-0.15, -0.1) is 11.3 Å². The summed E-state index contributed by atoms with van der Waals surface area (Å²) in [7, 11) is 0. The van der Waals surface area contributed by atoms with Gasteiger partial charge in [0.15, 0.2) is 0 Å². The molecule has 0 saturated heterocycles. The summed E-state index contributed by atoms with van der Waals surface area (Å²) in [6.45, 7) is 2.05. The number of carbonyl (C=O) groups is 1. The monoisotopic (exact) mass is 236 g/mol. The lowest BCUT2D eigenvalue weighted by Gasteiger charge is -2.09. The second-order valence-electron chi connectivity index (χ2n) is 3.78. The van der Waals surface area contributed by atoms with Gasteiger partial charge in [-0.25, -0.2) is 0 Å². The molecule has 1 atom stereocenters. The number of pyridine rings is 1. The Hall–Kier alpha value is -1.62. The van der Waals surface area contributed by atoms with Crippen LogP contribution in [0.15, 0.2) is 28.5 Å². The van der Waals surface area contributed by atoms with Crippen LogP contribution < -0.4 is 11.3 Å².